The number of rotatable bonds is 9. The number of carbonyl (C=O) groups is 1. The molecule has 2 N–H and O–H groups in total. The number of anilines is 3. The van der Waals surface area contributed by atoms with E-state index < -0.39 is 0 Å². The average molecular weight is 385 g/mol. The molecule has 0 atom stereocenters. The van der Waals surface area contributed by atoms with E-state index >= 15 is 0 Å². The van der Waals surface area contributed by atoms with Gasteiger partial charge in [-0.05, 0) is 55.0 Å². The van der Waals surface area contributed by atoms with Crippen molar-refractivity contribution in [2.45, 2.75) is 20.0 Å². The summed E-state index contributed by atoms with van der Waals surface area (Å²) < 4.78 is 5.81. The maximum absolute atomic E-state index is 11.1. The fourth-order valence-corrected chi connectivity index (χ4v) is 2.77. The van der Waals surface area contributed by atoms with Crippen molar-refractivity contribution in [3.8, 4) is 11.8 Å². The van der Waals surface area contributed by atoms with E-state index in [4.69, 9.17) is 4.74 Å². The standard InChI is InChI=1S/C24H23N3O2/c1-18(28)13-14-26-22-8-7-20(16-25)24(15-22)27-21-9-11-23(12-10-21)29-17-19-5-3-2-4-6-19/h2-12,15,26-27H,13-14,17H2,1H3. The van der Waals surface area contributed by atoms with Gasteiger partial charge in [0.25, 0.3) is 0 Å². The Morgan fingerprint density at radius 3 is 2.41 bits per heavy atom. The second kappa shape index (κ2) is 9.95. The van der Waals surface area contributed by atoms with Crippen LogP contribution in [0.4, 0.5) is 17.1 Å². The van der Waals surface area contributed by atoms with Gasteiger partial charge in [-0.25, -0.2) is 0 Å². The minimum Gasteiger partial charge on any atom is -0.489 e. The smallest absolute Gasteiger partial charge is 0.131 e. The number of nitriles is 1. The number of hydrogen-bond donors (Lipinski definition) is 2. The summed E-state index contributed by atoms with van der Waals surface area (Å²) in [4.78, 5) is 11.1. The molecule has 3 aromatic carbocycles. The van der Waals surface area contributed by atoms with Crippen LogP contribution in [0.15, 0.2) is 72.8 Å². The first kappa shape index (κ1) is 20.0. The molecule has 29 heavy (non-hydrogen) atoms. The molecular weight excluding hydrogens is 362 g/mol. The van der Waals surface area contributed by atoms with Gasteiger partial charge in [-0.2, -0.15) is 5.26 Å². The fourth-order valence-electron chi connectivity index (χ4n) is 2.77. The number of nitrogens with one attached hydrogen (secondary N) is 2. The SMILES string of the molecule is CC(=O)CCNc1ccc(C#N)c(Nc2ccc(OCc3ccccc3)cc2)c1. The Hall–Kier alpha value is -3.78. The molecule has 0 unspecified atom stereocenters. The summed E-state index contributed by atoms with van der Waals surface area (Å²) in [5.74, 6) is 0.915. The Morgan fingerprint density at radius 1 is 1.00 bits per heavy atom. The van der Waals surface area contributed by atoms with Crippen LogP contribution in [0, 0.1) is 11.3 Å². The van der Waals surface area contributed by atoms with Gasteiger partial charge in [0.2, 0.25) is 0 Å². The molecule has 0 radical (unpaired) electrons. The maximum Gasteiger partial charge on any atom is 0.131 e. The van der Waals surface area contributed by atoms with Crippen molar-refractivity contribution < 1.29 is 9.53 Å². The molecule has 0 heterocycles. The lowest BCUT2D eigenvalue weighted by atomic mass is 10.1. The number of ketones is 1. The van der Waals surface area contributed by atoms with Crippen molar-refractivity contribution in [2.75, 3.05) is 17.2 Å². The third-order valence-corrected chi connectivity index (χ3v) is 4.33. The van der Waals surface area contributed by atoms with Gasteiger partial charge >= 0.3 is 0 Å². The third kappa shape index (κ3) is 6.12. The number of benzene rings is 3. The number of carbonyl (C=O) groups excluding carboxylic acids is 1. The molecular formula is C24H23N3O2. The molecule has 5 nitrogen and oxygen atoms in total. The van der Waals surface area contributed by atoms with Crippen LogP contribution in [-0.4, -0.2) is 12.3 Å². The normalized spacial score (nSPS) is 10.1. The van der Waals surface area contributed by atoms with Crippen molar-refractivity contribution in [2.24, 2.45) is 0 Å². The number of nitrogens with zero attached hydrogens (tertiary/aromatic N) is 1. The van der Waals surface area contributed by atoms with E-state index in [2.05, 4.69) is 16.7 Å². The first-order valence-corrected chi connectivity index (χ1v) is 9.45. The zero-order chi connectivity index (χ0) is 20.5. The zero-order valence-corrected chi connectivity index (χ0v) is 16.3. The fraction of sp³-hybridized carbons (Fsp3) is 0.167. The molecule has 0 saturated heterocycles. The molecule has 0 aliphatic heterocycles. The number of Topliss-reactive ketones (excluding diaryl/α,β-unsaturated/α-hetero) is 1. The first-order valence-electron chi connectivity index (χ1n) is 9.45. The van der Waals surface area contributed by atoms with E-state index in [-0.39, 0.29) is 5.78 Å². The highest BCUT2D eigenvalue weighted by Crippen LogP contribution is 2.26. The quantitative estimate of drug-likeness (QED) is 0.525. The first-order chi connectivity index (χ1) is 14.1. The molecule has 146 valence electrons. The molecule has 0 spiro atoms. The van der Waals surface area contributed by atoms with Crippen LogP contribution in [0.5, 0.6) is 5.75 Å². The van der Waals surface area contributed by atoms with Gasteiger partial charge in [0.05, 0.1) is 11.3 Å². The van der Waals surface area contributed by atoms with E-state index in [0.29, 0.717) is 30.8 Å². The summed E-state index contributed by atoms with van der Waals surface area (Å²) in [7, 11) is 0. The zero-order valence-electron chi connectivity index (χ0n) is 16.3. The third-order valence-electron chi connectivity index (χ3n) is 4.33. The lowest BCUT2D eigenvalue weighted by Crippen LogP contribution is -2.06. The van der Waals surface area contributed by atoms with Gasteiger partial charge in [0.1, 0.15) is 24.2 Å². The molecule has 0 aromatic heterocycles. The van der Waals surface area contributed by atoms with Crippen molar-refractivity contribution in [1.82, 2.24) is 0 Å². The topological polar surface area (TPSA) is 74.2 Å². The Balaban J connectivity index is 1.64. The summed E-state index contributed by atoms with van der Waals surface area (Å²) >= 11 is 0. The van der Waals surface area contributed by atoms with Crippen LogP contribution in [0.1, 0.15) is 24.5 Å². The van der Waals surface area contributed by atoms with Crippen LogP contribution in [-0.2, 0) is 11.4 Å². The van der Waals surface area contributed by atoms with Crippen LogP contribution in [0.3, 0.4) is 0 Å². The van der Waals surface area contributed by atoms with Crippen molar-refractivity contribution >= 4 is 22.8 Å². The molecule has 0 amide bonds. The van der Waals surface area contributed by atoms with Crippen molar-refractivity contribution in [3.63, 3.8) is 0 Å². The minimum absolute atomic E-state index is 0.138. The maximum atomic E-state index is 11.1. The molecule has 3 aromatic rings. The highest BCUT2D eigenvalue weighted by Gasteiger charge is 2.05. The van der Waals surface area contributed by atoms with Crippen LogP contribution < -0.4 is 15.4 Å². The van der Waals surface area contributed by atoms with Gasteiger partial charge in [0, 0.05) is 24.3 Å². The van der Waals surface area contributed by atoms with Gasteiger partial charge in [-0.3, -0.25) is 4.79 Å². The number of ether oxygens (including phenoxy) is 1. The van der Waals surface area contributed by atoms with Crippen molar-refractivity contribution in [1.29, 1.82) is 5.26 Å². The van der Waals surface area contributed by atoms with Crippen LogP contribution in [0.25, 0.3) is 0 Å². The molecule has 0 bridgehead atoms. The summed E-state index contributed by atoms with van der Waals surface area (Å²) in [5.41, 5.74) is 4.08. The predicted octanol–water partition coefficient (Wildman–Crippen LogP) is 5.27. The lowest BCUT2D eigenvalue weighted by molar-refractivity contribution is -0.116. The highest BCUT2D eigenvalue weighted by molar-refractivity contribution is 5.76. The molecule has 0 saturated carbocycles. The minimum atomic E-state index is 0.138. The van der Waals surface area contributed by atoms with E-state index in [1.54, 1.807) is 13.0 Å². The molecule has 0 fully saturated rings. The van der Waals surface area contributed by atoms with E-state index in [1.807, 2.05) is 66.7 Å². The summed E-state index contributed by atoms with van der Waals surface area (Å²) in [6.07, 6.45) is 0.465. The van der Waals surface area contributed by atoms with Crippen LogP contribution >= 0.6 is 0 Å². The summed E-state index contributed by atoms with van der Waals surface area (Å²) in [6, 6.07) is 25.3. The van der Waals surface area contributed by atoms with Gasteiger partial charge in [-0.1, -0.05) is 30.3 Å². The van der Waals surface area contributed by atoms with Crippen LogP contribution in [0.2, 0.25) is 0 Å². The second-order valence-electron chi connectivity index (χ2n) is 6.67. The molecule has 0 aliphatic carbocycles. The number of hydrogen-bond acceptors (Lipinski definition) is 5. The monoisotopic (exact) mass is 385 g/mol. The Kier molecular flexibility index (Phi) is 6.85. The largest absolute Gasteiger partial charge is 0.489 e. The molecule has 0 aliphatic rings. The van der Waals surface area contributed by atoms with E-state index in [0.717, 1.165) is 22.7 Å². The van der Waals surface area contributed by atoms with Gasteiger partial charge in [-0.15, -0.1) is 0 Å². The van der Waals surface area contributed by atoms with Gasteiger partial charge < -0.3 is 15.4 Å². The molecule has 3 rings (SSSR count). The van der Waals surface area contributed by atoms with E-state index in [9.17, 15) is 10.1 Å². The second-order valence-corrected chi connectivity index (χ2v) is 6.67. The summed E-state index contributed by atoms with van der Waals surface area (Å²) in [5, 5.41) is 15.9. The Morgan fingerprint density at radius 2 is 1.72 bits per heavy atom. The van der Waals surface area contributed by atoms with Crippen molar-refractivity contribution in [3.05, 3.63) is 83.9 Å². The predicted molar refractivity (Wildman–Crippen MR) is 115 cm³/mol. The van der Waals surface area contributed by atoms with E-state index in [1.165, 1.54) is 0 Å². The highest BCUT2D eigenvalue weighted by atomic mass is 16.5. The molecule has 5 heteroatoms. The Bertz CT molecular complexity index is 993. The Labute approximate surface area is 171 Å². The van der Waals surface area contributed by atoms with Gasteiger partial charge in [0.15, 0.2) is 0 Å². The summed E-state index contributed by atoms with van der Waals surface area (Å²) in [6.45, 7) is 2.65. The lowest BCUT2D eigenvalue weighted by Gasteiger charge is -2.12. The average Bonchev–Trinajstić information content (AvgIpc) is 2.74.